The summed E-state index contributed by atoms with van der Waals surface area (Å²) in [5.74, 6) is 0. The predicted molar refractivity (Wildman–Crippen MR) is 60.1 cm³/mol. The third-order valence-electron chi connectivity index (χ3n) is 2.13. The molecule has 0 aliphatic heterocycles. The van der Waals surface area contributed by atoms with Gasteiger partial charge in [0.15, 0.2) is 0 Å². The number of rotatable bonds is 2. The van der Waals surface area contributed by atoms with Crippen molar-refractivity contribution in [3.63, 3.8) is 0 Å². The summed E-state index contributed by atoms with van der Waals surface area (Å²) in [6.07, 6.45) is 1.21. The average molecular weight is 217 g/mol. The van der Waals surface area contributed by atoms with Crippen LogP contribution < -0.4 is 5.32 Å². The molecule has 5 heteroatoms. The summed E-state index contributed by atoms with van der Waals surface area (Å²) >= 11 is 0. The molecule has 2 rings (SSSR count). The van der Waals surface area contributed by atoms with Gasteiger partial charge in [0, 0.05) is 11.9 Å². The average Bonchev–Trinajstić information content (AvgIpc) is 2.83. The minimum Gasteiger partial charge on any atom is -0.453 e. The molecule has 1 heterocycles. The predicted octanol–water partition coefficient (Wildman–Crippen LogP) is 2.25. The Labute approximate surface area is 92.4 Å². The first-order valence-electron chi connectivity index (χ1n) is 4.74. The number of amides is 1. The lowest BCUT2D eigenvalue weighted by atomic mass is 10.1. The zero-order valence-corrected chi connectivity index (χ0v) is 8.73. The largest absolute Gasteiger partial charge is 0.453 e. The molecule has 0 saturated heterocycles. The fourth-order valence-corrected chi connectivity index (χ4v) is 1.32. The number of carbonyl (C=O) groups is 1. The first-order valence-corrected chi connectivity index (χ1v) is 4.74. The van der Waals surface area contributed by atoms with Gasteiger partial charge in [0.2, 0.25) is 0 Å². The first-order chi connectivity index (χ1) is 7.79. The molecular weight excluding hydrogens is 206 g/mol. The number of carbonyl (C=O) groups excluding carboxylic acids is 1. The molecule has 0 spiro atoms. The molecule has 2 aromatic rings. The molecule has 0 radical (unpaired) electrons. The molecule has 0 fully saturated rings. The molecule has 0 aliphatic rings. The van der Waals surface area contributed by atoms with E-state index in [2.05, 4.69) is 20.3 Å². The topological polar surface area (TPSA) is 67.0 Å². The highest BCUT2D eigenvalue weighted by atomic mass is 16.5. The fraction of sp³-hybridized carbons (Fsp3) is 0.0909. The van der Waals surface area contributed by atoms with Gasteiger partial charge in [-0.1, -0.05) is 12.1 Å². The lowest BCUT2D eigenvalue weighted by Crippen LogP contribution is -2.10. The van der Waals surface area contributed by atoms with E-state index in [0.717, 1.165) is 11.3 Å². The Balaban J connectivity index is 2.14. The van der Waals surface area contributed by atoms with E-state index in [4.69, 9.17) is 0 Å². The van der Waals surface area contributed by atoms with E-state index < -0.39 is 6.09 Å². The highest BCUT2D eigenvalue weighted by molar-refractivity contribution is 5.84. The van der Waals surface area contributed by atoms with Crippen LogP contribution in [0.25, 0.3) is 11.3 Å². The standard InChI is InChI=1S/C11H11N3O2/c1-16-11(15)13-9-4-2-8(3-5-9)10-6-7-12-14-10/h2-7H,1H3,(H,12,14)(H,13,15). The number of aromatic nitrogens is 2. The lowest BCUT2D eigenvalue weighted by Gasteiger charge is -2.04. The maximum Gasteiger partial charge on any atom is 0.411 e. The Morgan fingerprint density at radius 2 is 2.06 bits per heavy atom. The summed E-state index contributed by atoms with van der Waals surface area (Å²) in [6, 6.07) is 9.25. The smallest absolute Gasteiger partial charge is 0.411 e. The Kier molecular flexibility index (Phi) is 2.86. The fourth-order valence-electron chi connectivity index (χ4n) is 1.32. The van der Waals surface area contributed by atoms with Crippen LogP contribution in [-0.2, 0) is 4.74 Å². The Morgan fingerprint density at radius 3 is 2.62 bits per heavy atom. The normalized spacial score (nSPS) is 9.81. The van der Waals surface area contributed by atoms with Gasteiger partial charge >= 0.3 is 6.09 Å². The van der Waals surface area contributed by atoms with Crippen molar-refractivity contribution in [3.05, 3.63) is 36.5 Å². The summed E-state index contributed by atoms with van der Waals surface area (Å²) < 4.78 is 4.49. The van der Waals surface area contributed by atoms with E-state index >= 15 is 0 Å². The molecule has 82 valence electrons. The maximum absolute atomic E-state index is 10.9. The number of hydrogen-bond acceptors (Lipinski definition) is 3. The molecular formula is C11H11N3O2. The molecule has 16 heavy (non-hydrogen) atoms. The Hall–Kier alpha value is -2.30. The highest BCUT2D eigenvalue weighted by Crippen LogP contribution is 2.18. The highest BCUT2D eigenvalue weighted by Gasteiger charge is 2.01. The molecule has 5 nitrogen and oxygen atoms in total. The van der Waals surface area contributed by atoms with Gasteiger partial charge in [-0.05, 0) is 23.8 Å². The monoisotopic (exact) mass is 217 g/mol. The number of nitrogens with one attached hydrogen (secondary N) is 2. The molecule has 0 saturated carbocycles. The second-order valence-electron chi connectivity index (χ2n) is 3.16. The van der Waals surface area contributed by atoms with Crippen LogP contribution in [0.5, 0.6) is 0 Å². The maximum atomic E-state index is 10.9. The van der Waals surface area contributed by atoms with Crippen LogP contribution >= 0.6 is 0 Å². The van der Waals surface area contributed by atoms with Crippen molar-refractivity contribution >= 4 is 11.8 Å². The molecule has 0 unspecified atom stereocenters. The Bertz CT molecular complexity index is 462. The lowest BCUT2D eigenvalue weighted by molar-refractivity contribution is 0.187. The van der Waals surface area contributed by atoms with Crippen molar-refractivity contribution in [2.24, 2.45) is 0 Å². The molecule has 0 atom stereocenters. The zero-order valence-electron chi connectivity index (χ0n) is 8.73. The second kappa shape index (κ2) is 4.48. The van der Waals surface area contributed by atoms with Gasteiger partial charge in [0.25, 0.3) is 0 Å². The number of hydrogen-bond donors (Lipinski definition) is 2. The van der Waals surface area contributed by atoms with E-state index in [1.54, 1.807) is 18.3 Å². The van der Waals surface area contributed by atoms with E-state index in [0.29, 0.717) is 5.69 Å². The minimum absolute atomic E-state index is 0.478. The number of H-pyrrole nitrogens is 1. The van der Waals surface area contributed by atoms with Crippen LogP contribution in [0.15, 0.2) is 36.5 Å². The summed E-state index contributed by atoms with van der Waals surface area (Å²) in [6.45, 7) is 0. The second-order valence-corrected chi connectivity index (χ2v) is 3.16. The van der Waals surface area contributed by atoms with Crippen LogP contribution in [0.2, 0.25) is 0 Å². The van der Waals surface area contributed by atoms with Crippen molar-refractivity contribution in [2.45, 2.75) is 0 Å². The number of ether oxygens (including phenoxy) is 1. The third-order valence-corrected chi connectivity index (χ3v) is 2.13. The van der Waals surface area contributed by atoms with E-state index in [1.807, 2.05) is 18.2 Å². The SMILES string of the molecule is COC(=O)Nc1ccc(-c2ccn[nH]2)cc1. The van der Waals surface area contributed by atoms with Crippen molar-refractivity contribution < 1.29 is 9.53 Å². The van der Waals surface area contributed by atoms with E-state index in [-0.39, 0.29) is 0 Å². The number of aromatic amines is 1. The van der Waals surface area contributed by atoms with Crippen LogP contribution in [-0.4, -0.2) is 23.4 Å². The van der Waals surface area contributed by atoms with Crippen molar-refractivity contribution in [1.82, 2.24) is 10.2 Å². The zero-order chi connectivity index (χ0) is 11.4. The number of benzene rings is 1. The van der Waals surface area contributed by atoms with E-state index in [1.165, 1.54) is 7.11 Å². The number of anilines is 1. The van der Waals surface area contributed by atoms with Gasteiger partial charge in [-0.15, -0.1) is 0 Å². The van der Waals surface area contributed by atoms with Gasteiger partial charge in [0.05, 0.1) is 12.8 Å². The van der Waals surface area contributed by atoms with Gasteiger partial charge in [-0.2, -0.15) is 5.10 Å². The third kappa shape index (κ3) is 2.20. The number of methoxy groups -OCH3 is 1. The van der Waals surface area contributed by atoms with E-state index in [9.17, 15) is 4.79 Å². The molecule has 0 aliphatic carbocycles. The van der Waals surface area contributed by atoms with Gasteiger partial charge < -0.3 is 4.74 Å². The van der Waals surface area contributed by atoms with Crippen LogP contribution in [0.3, 0.4) is 0 Å². The molecule has 1 aromatic carbocycles. The van der Waals surface area contributed by atoms with Crippen LogP contribution in [0.1, 0.15) is 0 Å². The molecule has 0 bridgehead atoms. The van der Waals surface area contributed by atoms with Crippen molar-refractivity contribution in [2.75, 3.05) is 12.4 Å². The quantitative estimate of drug-likeness (QED) is 0.810. The summed E-state index contributed by atoms with van der Waals surface area (Å²) in [4.78, 5) is 10.9. The Morgan fingerprint density at radius 1 is 1.31 bits per heavy atom. The van der Waals surface area contributed by atoms with Crippen molar-refractivity contribution in [3.8, 4) is 11.3 Å². The summed E-state index contributed by atoms with van der Waals surface area (Å²) in [5, 5.41) is 9.31. The molecule has 1 aromatic heterocycles. The van der Waals surface area contributed by atoms with Gasteiger partial charge in [0.1, 0.15) is 0 Å². The minimum atomic E-state index is -0.478. The molecule has 1 amide bonds. The summed E-state index contributed by atoms with van der Waals surface area (Å²) in [7, 11) is 1.33. The molecule has 2 N–H and O–H groups in total. The van der Waals surface area contributed by atoms with Crippen LogP contribution in [0.4, 0.5) is 10.5 Å². The summed E-state index contributed by atoms with van der Waals surface area (Å²) in [5.41, 5.74) is 2.63. The number of nitrogens with zero attached hydrogens (tertiary/aromatic N) is 1. The first kappa shape index (κ1) is 10.2. The van der Waals surface area contributed by atoms with Crippen LogP contribution in [0, 0.1) is 0 Å². The van der Waals surface area contributed by atoms with Gasteiger partial charge in [-0.3, -0.25) is 10.4 Å². The van der Waals surface area contributed by atoms with Gasteiger partial charge in [-0.25, -0.2) is 4.79 Å². The van der Waals surface area contributed by atoms with Crippen molar-refractivity contribution in [1.29, 1.82) is 0 Å².